The van der Waals surface area contributed by atoms with Gasteiger partial charge in [-0.2, -0.15) is 0 Å². The largest absolute Gasteiger partial charge is 0.481 e. The van der Waals surface area contributed by atoms with Crippen LogP contribution in [0.5, 0.6) is 0 Å². The molecule has 5 heteroatoms. The fourth-order valence-corrected chi connectivity index (χ4v) is 2.43. The van der Waals surface area contributed by atoms with E-state index < -0.39 is 5.97 Å². The molecule has 0 spiro atoms. The van der Waals surface area contributed by atoms with Crippen molar-refractivity contribution in [2.75, 3.05) is 6.54 Å². The Morgan fingerprint density at radius 3 is 2.76 bits per heavy atom. The summed E-state index contributed by atoms with van der Waals surface area (Å²) in [5, 5.41) is 14.4. The molecular formula is C16H22N2O3. The molecule has 0 bridgehead atoms. The Labute approximate surface area is 124 Å². The Balaban J connectivity index is 1.72. The lowest BCUT2D eigenvalue weighted by atomic mass is 10.1. The molecule has 1 fully saturated rings. The van der Waals surface area contributed by atoms with Crippen molar-refractivity contribution in [3.8, 4) is 0 Å². The Hall–Kier alpha value is -2.04. The van der Waals surface area contributed by atoms with E-state index in [2.05, 4.69) is 16.7 Å². The van der Waals surface area contributed by atoms with Gasteiger partial charge in [0.25, 0.3) is 0 Å². The summed E-state index contributed by atoms with van der Waals surface area (Å²) < 4.78 is 0. The van der Waals surface area contributed by atoms with Crippen molar-refractivity contribution in [3.05, 3.63) is 35.4 Å². The van der Waals surface area contributed by atoms with Gasteiger partial charge in [0.05, 0.1) is 6.42 Å². The van der Waals surface area contributed by atoms with Crippen LogP contribution in [0.3, 0.4) is 0 Å². The second kappa shape index (κ2) is 7.11. The van der Waals surface area contributed by atoms with Gasteiger partial charge in [0.1, 0.15) is 0 Å². The van der Waals surface area contributed by atoms with E-state index in [0.717, 1.165) is 19.3 Å². The van der Waals surface area contributed by atoms with Crippen LogP contribution >= 0.6 is 0 Å². The van der Waals surface area contributed by atoms with E-state index in [4.69, 9.17) is 5.11 Å². The molecule has 3 N–H and O–H groups in total. The third-order valence-corrected chi connectivity index (χ3v) is 3.68. The van der Waals surface area contributed by atoms with Gasteiger partial charge in [-0.25, -0.2) is 4.79 Å². The van der Waals surface area contributed by atoms with Crippen molar-refractivity contribution in [1.29, 1.82) is 0 Å². The molecule has 0 heterocycles. The van der Waals surface area contributed by atoms with Crippen molar-refractivity contribution >= 4 is 12.0 Å². The molecule has 2 rings (SSSR count). The second-order valence-corrected chi connectivity index (χ2v) is 5.68. The minimum atomic E-state index is -0.869. The summed E-state index contributed by atoms with van der Waals surface area (Å²) in [6, 6.07) is 7.64. The minimum absolute atomic E-state index is 0.00400. The SMILES string of the molecule is Cc1cccc(CCNC(=O)NC(CC(=O)O)C2CC2)c1. The highest BCUT2D eigenvalue weighted by atomic mass is 16.4. The molecule has 1 aliphatic carbocycles. The first-order chi connectivity index (χ1) is 10.0. The van der Waals surface area contributed by atoms with E-state index in [1.54, 1.807) is 0 Å². The highest BCUT2D eigenvalue weighted by Gasteiger charge is 2.33. The zero-order valence-electron chi connectivity index (χ0n) is 12.3. The molecule has 1 saturated carbocycles. The third-order valence-electron chi connectivity index (χ3n) is 3.68. The normalized spacial score (nSPS) is 15.3. The Bertz CT molecular complexity index is 512. The van der Waals surface area contributed by atoms with Crippen LogP contribution in [0.4, 0.5) is 4.79 Å². The average Bonchev–Trinajstić information content (AvgIpc) is 3.21. The molecule has 0 aliphatic heterocycles. The molecule has 5 nitrogen and oxygen atoms in total. The van der Waals surface area contributed by atoms with Crippen molar-refractivity contribution in [2.24, 2.45) is 5.92 Å². The van der Waals surface area contributed by atoms with Crippen LogP contribution in [0.15, 0.2) is 24.3 Å². The number of aryl methyl sites for hydroxylation is 1. The number of carbonyl (C=O) groups excluding carboxylic acids is 1. The van der Waals surface area contributed by atoms with E-state index in [0.29, 0.717) is 12.5 Å². The average molecular weight is 290 g/mol. The van der Waals surface area contributed by atoms with Crippen LogP contribution in [0.1, 0.15) is 30.4 Å². The van der Waals surface area contributed by atoms with Gasteiger partial charge in [-0.05, 0) is 37.7 Å². The third kappa shape index (κ3) is 5.45. The van der Waals surface area contributed by atoms with Gasteiger partial charge in [-0.3, -0.25) is 4.79 Å². The summed E-state index contributed by atoms with van der Waals surface area (Å²) in [6.45, 7) is 2.58. The molecule has 1 aromatic carbocycles. The maximum absolute atomic E-state index is 11.8. The molecule has 114 valence electrons. The number of amides is 2. The van der Waals surface area contributed by atoms with Gasteiger partial charge < -0.3 is 15.7 Å². The first-order valence-electron chi connectivity index (χ1n) is 7.36. The molecule has 1 aliphatic rings. The van der Waals surface area contributed by atoms with E-state index in [1.165, 1.54) is 11.1 Å². The zero-order valence-corrected chi connectivity index (χ0v) is 12.3. The molecule has 1 aromatic rings. The van der Waals surface area contributed by atoms with Crippen LogP contribution in [0.2, 0.25) is 0 Å². The number of benzene rings is 1. The number of nitrogens with one attached hydrogen (secondary N) is 2. The molecule has 2 amide bonds. The van der Waals surface area contributed by atoms with Crippen molar-refractivity contribution < 1.29 is 14.7 Å². The van der Waals surface area contributed by atoms with Gasteiger partial charge in [-0.1, -0.05) is 29.8 Å². The number of hydrogen-bond acceptors (Lipinski definition) is 2. The smallest absolute Gasteiger partial charge is 0.315 e. The molecule has 21 heavy (non-hydrogen) atoms. The summed E-state index contributed by atoms with van der Waals surface area (Å²) in [4.78, 5) is 22.6. The van der Waals surface area contributed by atoms with Crippen molar-refractivity contribution in [3.63, 3.8) is 0 Å². The lowest BCUT2D eigenvalue weighted by molar-refractivity contribution is -0.137. The van der Waals surface area contributed by atoms with E-state index in [-0.39, 0.29) is 18.5 Å². The van der Waals surface area contributed by atoms with Crippen LogP contribution < -0.4 is 10.6 Å². The summed E-state index contributed by atoms with van der Waals surface area (Å²) in [5.74, 6) is -0.546. The summed E-state index contributed by atoms with van der Waals surface area (Å²) >= 11 is 0. The number of aliphatic carboxylic acids is 1. The van der Waals surface area contributed by atoms with E-state index >= 15 is 0 Å². The van der Waals surface area contributed by atoms with Crippen molar-refractivity contribution in [1.82, 2.24) is 10.6 Å². The van der Waals surface area contributed by atoms with E-state index in [9.17, 15) is 9.59 Å². The molecule has 0 radical (unpaired) electrons. The van der Waals surface area contributed by atoms with Crippen LogP contribution in [-0.4, -0.2) is 29.7 Å². The first kappa shape index (κ1) is 15.4. The van der Waals surface area contributed by atoms with Gasteiger partial charge in [0.15, 0.2) is 0 Å². The lowest BCUT2D eigenvalue weighted by Gasteiger charge is -2.16. The molecule has 1 unspecified atom stereocenters. The monoisotopic (exact) mass is 290 g/mol. The second-order valence-electron chi connectivity index (χ2n) is 5.68. The quantitative estimate of drug-likeness (QED) is 0.719. The maximum atomic E-state index is 11.8. The summed E-state index contributed by atoms with van der Waals surface area (Å²) in [7, 11) is 0. The highest BCUT2D eigenvalue weighted by Crippen LogP contribution is 2.33. The number of hydrogen-bond donors (Lipinski definition) is 3. The number of carboxylic acid groups (broad SMARTS) is 1. The minimum Gasteiger partial charge on any atom is -0.481 e. The molecule has 1 atom stereocenters. The first-order valence-corrected chi connectivity index (χ1v) is 7.36. The standard InChI is InChI=1S/C16H22N2O3/c1-11-3-2-4-12(9-11)7-8-17-16(21)18-14(10-15(19)20)13-5-6-13/h2-4,9,13-14H,5-8,10H2,1H3,(H,19,20)(H2,17,18,21). The number of carboxylic acids is 1. The van der Waals surface area contributed by atoms with Crippen LogP contribution in [-0.2, 0) is 11.2 Å². The number of urea groups is 1. The zero-order chi connectivity index (χ0) is 15.2. The maximum Gasteiger partial charge on any atom is 0.315 e. The fourth-order valence-electron chi connectivity index (χ4n) is 2.43. The number of carbonyl (C=O) groups is 2. The van der Waals surface area contributed by atoms with Gasteiger partial charge >= 0.3 is 12.0 Å². The Morgan fingerprint density at radius 1 is 1.38 bits per heavy atom. The number of rotatable bonds is 7. The fraction of sp³-hybridized carbons (Fsp3) is 0.500. The predicted octanol–water partition coefficient (Wildman–Crippen LogP) is 2.09. The molecule has 0 saturated heterocycles. The van der Waals surface area contributed by atoms with Crippen LogP contribution in [0, 0.1) is 12.8 Å². The van der Waals surface area contributed by atoms with Crippen LogP contribution in [0.25, 0.3) is 0 Å². The predicted molar refractivity (Wildman–Crippen MR) is 80.2 cm³/mol. The highest BCUT2D eigenvalue weighted by molar-refractivity contribution is 5.75. The molecular weight excluding hydrogens is 268 g/mol. The van der Waals surface area contributed by atoms with Gasteiger partial charge in [-0.15, -0.1) is 0 Å². The summed E-state index contributed by atoms with van der Waals surface area (Å²) in [5.41, 5.74) is 2.38. The van der Waals surface area contributed by atoms with Gasteiger partial charge in [0, 0.05) is 12.6 Å². The summed E-state index contributed by atoms with van der Waals surface area (Å²) in [6.07, 6.45) is 2.77. The molecule has 0 aromatic heterocycles. The van der Waals surface area contributed by atoms with Gasteiger partial charge in [0.2, 0.25) is 0 Å². The van der Waals surface area contributed by atoms with Crippen molar-refractivity contribution in [2.45, 2.75) is 38.6 Å². The van der Waals surface area contributed by atoms with E-state index in [1.807, 2.05) is 25.1 Å². The Morgan fingerprint density at radius 2 is 2.14 bits per heavy atom. The Kier molecular flexibility index (Phi) is 5.20. The topological polar surface area (TPSA) is 78.4 Å². The lowest BCUT2D eigenvalue weighted by Crippen LogP contribution is -2.44.